The van der Waals surface area contributed by atoms with Gasteiger partial charge in [-0.25, -0.2) is 4.39 Å². The van der Waals surface area contributed by atoms with Crippen LogP contribution in [0, 0.1) is 5.82 Å². The average molecular weight is 348 g/mol. The Morgan fingerprint density at radius 1 is 1.58 bits per heavy atom. The second-order valence-electron chi connectivity index (χ2n) is 3.91. The van der Waals surface area contributed by atoms with Crippen LogP contribution in [-0.4, -0.2) is 35.9 Å². The summed E-state index contributed by atoms with van der Waals surface area (Å²) in [5.74, 6) is -0.631. The lowest BCUT2D eigenvalue weighted by Crippen LogP contribution is -2.32. The summed E-state index contributed by atoms with van der Waals surface area (Å²) >= 11 is 7.91. The van der Waals surface area contributed by atoms with Crippen molar-refractivity contribution in [3.63, 3.8) is 0 Å². The van der Waals surface area contributed by atoms with Gasteiger partial charge in [-0.1, -0.05) is 12.2 Å². The van der Waals surface area contributed by atoms with Crippen LogP contribution < -0.4 is 11.1 Å². The Morgan fingerprint density at radius 2 is 2.21 bits per heavy atom. The molecule has 0 fully saturated rings. The molecule has 0 saturated carbocycles. The lowest BCUT2D eigenvalue weighted by atomic mass is 10.2. The van der Waals surface area contributed by atoms with Crippen molar-refractivity contribution in [2.75, 3.05) is 25.5 Å². The van der Waals surface area contributed by atoms with Crippen molar-refractivity contribution in [2.24, 2.45) is 5.73 Å². The van der Waals surface area contributed by atoms with Crippen molar-refractivity contribution in [1.82, 2.24) is 4.90 Å². The summed E-state index contributed by atoms with van der Waals surface area (Å²) in [5, 5.41) is 2.75. The van der Waals surface area contributed by atoms with Crippen molar-refractivity contribution in [1.29, 1.82) is 0 Å². The molecule has 0 aliphatic heterocycles. The van der Waals surface area contributed by atoms with Crippen LogP contribution >= 0.6 is 28.1 Å². The molecular formula is C12H15BrFN3OS. The minimum absolute atomic E-state index is 0.0279. The second-order valence-corrected chi connectivity index (χ2v) is 5.15. The summed E-state index contributed by atoms with van der Waals surface area (Å²) in [7, 11) is 1.69. The predicted molar refractivity (Wildman–Crippen MR) is 81.8 cm³/mol. The number of hydrogen-bond donors (Lipinski definition) is 2. The van der Waals surface area contributed by atoms with Crippen molar-refractivity contribution in [3.8, 4) is 0 Å². The molecule has 0 heterocycles. The van der Waals surface area contributed by atoms with Gasteiger partial charge in [-0.3, -0.25) is 4.79 Å². The Labute approximate surface area is 125 Å². The molecule has 1 aromatic carbocycles. The number of thiocarbonyl (C=S) groups is 1. The number of carbonyl (C=O) groups is 1. The van der Waals surface area contributed by atoms with Gasteiger partial charge in [0.05, 0.1) is 16.7 Å². The van der Waals surface area contributed by atoms with E-state index in [4.69, 9.17) is 18.0 Å². The number of nitrogens with one attached hydrogen (secondary N) is 1. The van der Waals surface area contributed by atoms with Gasteiger partial charge in [-0.2, -0.15) is 0 Å². The maximum absolute atomic E-state index is 14.0. The first kappa shape index (κ1) is 15.8. The summed E-state index contributed by atoms with van der Waals surface area (Å²) in [6.07, 6.45) is 0. The average Bonchev–Trinajstić information content (AvgIpc) is 2.38. The zero-order valence-electron chi connectivity index (χ0n) is 10.7. The number of carbonyl (C=O) groups excluding carboxylic acids is 1. The van der Waals surface area contributed by atoms with E-state index in [2.05, 4.69) is 21.2 Å². The molecule has 1 aromatic rings. The summed E-state index contributed by atoms with van der Waals surface area (Å²) in [4.78, 5) is 13.3. The van der Waals surface area contributed by atoms with Crippen LogP contribution in [-0.2, 0) is 4.79 Å². The topological polar surface area (TPSA) is 58.4 Å². The third-order valence-electron chi connectivity index (χ3n) is 2.68. The monoisotopic (exact) mass is 347 g/mol. The minimum Gasteiger partial charge on any atom is -0.389 e. The quantitative estimate of drug-likeness (QED) is 0.801. The highest BCUT2D eigenvalue weighted by Crippen LogP contribution is 2.26. The minimum atomic E-state index is -0.516. The standard InChI is InChI=1S/C12H15BrFN3OS/c1-3-17(2)9(18)6-16-8-5-4-7(12(15)19)10(13)11(8)14/h4-5,16H,3,6H2,1-2H3,(H2,15,19). The third-order valence-corrected chi connectivity index (χ3v) is 3.67. The van der Waals surface area contributed by atoms with Gasteiger partial charge >= 0.3 is 0 Å². The molecule has 0 bridgehead atoms. The Morgan fingerprint density at radius 3 is 2.74 bits per heavy atom. The molecule has 7 heteroatoms. The number of nitrogens with two attached hydrogens (primary N) is 1. The lowest BCUT2D eigenvalue weighted by Gasteiger charge is -2.16. The van der Waals surface area contributed by atoms with Crippen LogP contribution in [0.25, 0.3) is 0 Å². The van der Waals surface area contributed by atoms with Crippen LogP contribution in [0.15, 0.2) is 16.6 Å². The Balaban J connectivity index is 2.84. The predicted octanol–water partition coefficient (Wildman–Crippen LogP) is 2.11. The smallest absolute Gasteiger partial charge is 0.241 e. The maximum atomic E-state index is 14.0. The van der Waals surface area contributed by atoms with E-state index in [-0.39, 0.29) is 27.6 Å². The summed E-state index contributed by atoms with van der Waals surface area (Å²) in [6, 6.07) is 3.11. The zero-order chi connectivity index (χ0) is 14.6. The Bertz CT molecular complexity index is 510. The maximum Gasteiger partial charge on any atom is 0.241 e. The Kier molecular flexibility index (Phi) is 5.68. The van der Waals surface area contributed by atoms with E-state index in [1.54, 1.807) is 18.0 Å². The van der Waals surface area contributed by atoms with Gasteiger partial charge in [-0.15, -0.1) is 0 Å². The van der Waals surface area contributed by atoms with E-state index in [0.29, 0.717) is 12.1 Å². The SMILES string of the molecule is CCN(C)C(=O)CNc1ccc(C(N)=S)c(Br)c1F. The molecule has 0 aliphatic carbocycles. The molecule has 0 atom stereocenters. The van der Waals surface area contributed by atoms with E-state index in [9.17, 15) is 9.18 Å². The number of rotatable bonds is 5. The molecule has 104 valence electrons. The van der Waals surface area contributed by atoms with Gasteiger partial charge in [0.1, 0.15) is 4.99 Å². The van der Waals surface area contributed by atoms with E-state index in [1.165, 1.54) is 6.07 Å². The van der Waals surface area contributed by atoms with Gasteiger partial charge in [-0.05, 0) is 35.0 Å². The van der Waals surface area contributed by atoms with E-state index >= 15 is 0 Å². The number of benzene rings is 1. The first-order chi connectivity index (χ1) is 8.88. The fourth-order valence-electron chi connectivity index (χ4n) is 1.36. The summed E-state index contributed by atoms with van der Waals surface area (Å²) in [6.45, 7) is 2.50. The highest BCUT2D eigenvalue weighted by atomic mass is 79.9. The van der Waals surface area contributed by atoms with Gasteiger partial charge < -0.3 is 16.0 Å². The molecule has 0 saturated heterocycles. The number of amides is 1. The normalized spacial score (nSPS) is 10.1. The first-order valence-electron chi connectivity index (χ1n) is 5.64. The number of likely N-dealkylation sites (N-methyl/N-ethyl adjacent to an activating group) is 1. The fourth-order valence-corrected chi connectivity index (χ4v) is 2.22. The highest BCUT2D eigenvalue weighted by molar-refractivity contribution is 9.10. The third kappa shape index (κ3) is 3.87. The number of hydrogen-bond acceptors (Lipinski definition) is 3. The van der Waals surface area contributed by atoms with Crippen LogP contribution in [0.5, 0.6) is 0 Å². The van der Waals surface area contributed by atoms with Crippen LogP contribution in [0.1, 0.15) is 12.5 Å². The largest absolute Gasteiger partial charge is 0.389 e. The van der Waals surface area contributed by atoms with Gasteiger partial charge in [0.25, 0.3) is 0 Å². The van der Waals surface area contributed by atoms with Crippen molar-refractivity contribution >= 4 is 44.7 Å². The van der Waals surface area contributed by atoms with Crippen molar-refractivity contribution in [2.45, 2.75) is 6.92 Å². The molecule has 0 radical (unpaired) electrons. The van der Waals surface area contributed by atoms with E-state index in [0.717, 1.165) is 0 Å². The van der Waals surface area contributed by atoms with Gasteiger partial charge in [0.2, 0.25) is 5.91 Å². The Hall–Kier alpha value is -1.21. The number of nitrogens with zero attached hydrogens (tertiary/aromatic N) is 1. The fraction of sp³-hybridized carbons (Fsp3) is 0.333. The second kappa shape index (κ2) is 6.81. The molecule has 4 nitrogen and oxygen atoms in total. The van der Waals surface area contributed by atoms with Crippen LogP contribution in [0.3, 0.4) is 0 Å². The van der Waals surface area contributed by atoms with E-state index < -0.39 is 5.82 Å². The molecule has 3 N–H and O–H groups in total. The lowest BCUT2D eigenvalue weighted by molar-refractivity contribution is -0.127. The molecule has 19 heavy (non-hydrogen) atoms. The van der Waals surface area contributed by atoms with Crippen molar-refractivity contribution < 1.29 is 9.18 Å². The first-order valence-corrected chi connectivity index (χ1v) is 6.84. The highest BCUT2D eigenvalue weighted by Gasteiger charge is 2.14. The number of halogens is 2. The zero-order valence-corrected chi connectivity index (χ0v) is 13.1. The molecule has 1 rings (SSSR count). The summed E-state index contributed by atoms with van der Waals surface area (Å²) in [5.41, 5.74) is 6.12. The number of anilines is 1. The molecule has 0 aliphatic rings. The molecule has 0 spiro atoms. The molecule has 0 aromatic heterocycles. The summed E-state index contributed by atoms with van der Waals surface area (Å²) < 4.78 is 14.2. The molecule has 1 amide bonds. The van der Waals surface area contributed by atoms with Gasteiger partial charge in [0.15, 0.2) is 5.82 Å². The van der Waals surface area contributed by atoms with Crippen molar-refractivity contribution in [3.05, 3.63) is 28.0 Å². The van der Waals surface area contributed by atoms with Crippen LogP contribution in [0.2, 0.25) is 0 Å². The van der Waals surface area contributed by atoms with Gasteiger partial charge in [0, 0.05) is 19.2 Å². The molecular weight excluding hydrogens is 333 g/mol. The molecule has 0 unspecified atom stereocenters. The van der Waals surface area contributed by atoms with E-state index in [1.807, 2.05) is 6.92 Å². The van der Waals surface area contributed by atoms with Crippen LogP contribution in [0.4, 0.5) is 10.1 Å².